The lowest BCUT2D eigenvalue weighted by atomic mass is 10.1. The maximum absolute atomic E-state index is 5.85. The standard InChI is InChI=1S/C12H20N2O/c1-3-7-15-12-6-5-11(14-9-12)8-10(13)4-2/h5-6,9-10H,3-4,7-8,13H2,1-2H3. The van der Waals surface area contributed by atoms with Gasteiger partial charge >= 0.3 is 0 Å². The Morgan fingerprint density at radius 2 is 2.20 bits per heavy atom. The van der Waals surface area contributed by atoms with E-state index >= 15 is 0 Å². The lowest BCUT2D eigenvalue weighted by Crippen LogP contribution is -2.21. The molecule has 0 fully saturated rings. The summed E-state index contributed by atoms with van der Waals surface area (Å²) in [5.41, 5.74) is 6.89. The summed E-state index contributed by atoms with van der Waals surface area (Å²) in [6.07, 6.45) is 4.61. The van der Waals surface area contributed by atoms with Gasteiger partial charge in [0.1, 0.15) is 5.75 Å². The molecule has 3 heteroatoms. The molecular weight excluding hydrogens is 188 g/mol. The minimum atomic E-state index is 0.208. The third-order valence-corrected chi connectivity index (χ3v) is 2.27. The topological polar surface area (TPSA) is 48.1 Å². The molecule has 1 unspecified atom stereocenters. The molecule has 0 aliphatic heterocycles. The molecule has 1 rings (SSSR count). The van der Waals surface area contributed by atoms with E-state index in [0.29, 0.717) is 0 Å². The first-order chi connectivity index (χ1) is 7.26. The van der Waals surface area contributed by atoms with Crippen molar-refractivity contribution in [2.45, 2.75) is 39.2 Å². The number of rotatable bonds is 6. The van der Waals surface area contributed by atoms with Crippen molar-refractivity contribution in [1.82, 2.24) is 4.98 Å². The fraction of sp³-hybridized carbons (Fsp3) is 0.583. The van der Waals surface area contributed by atoms with Crippen LogP contribution in [0.5, 0.6) is 5.75 Å². The zero-order chi connectivity index (χ0) is 11.1. The lowest BCUT2D eigenvalue weighted by molar-refractivity contribution is 0.316. The number of pyridine rings is 1. The molecule has 0 aliphatic rings. The van der Waals surface area contributed by atoms with Crippen molar-refractivity contribution in [3.05, 3.63) is 24.0 Å². The summed E-state index contributed by atoms with van der Waals surface area (Å²) >= 11 is 0. The van der Waals surface area contributed by atoms with Gasteiger partial charge in [-0.1, -0.05) is 13.8 Å². The Morgan fingerprint density at radius 1 is 1.40 bits per heavy atom. The van der Waals surface area contributed by atoms with Crippen LogP contribution in [0.25, 0.3) is 0 Å². The molecule has 1 aromatic rings. The van der Waals surface area contributed by atoms with Gasteiger partial charge in [0.15, 0.2) is 0 Å². The third-order valence-electron chi connectivity index (χ3n) is 2.27. The van der Waals surface area contributed by atoms with E-state index < -0.39 is 0 Å². The average molecular weight is 208 g/mol. The second kappa shape index (κ2) is 6.40. The van der Waals surface area contributed by atoms with E-state index in [1.807, 2.05) is 12.1 Å². The zero-order valence-electron chi connectivity index (χ0n) is 9.57. The van der Waals surface area contributed by atoms with Crippen LogP contribution in [0.15, 0.2) is 18.3 Å². The van der Waals surface area contributed by atoms with E-state index in [0.717, 1.165) is 37.3 Å². The van der Waals surface area contributed by atoms with Crippen LogP contribution < -0.4 is 10.5 Å². The molecule has 0 saturated carbocycles. The highest BCUT2D eigenvalue weighted by atomic mass is 16.5. The van der Waals surface area contributed by atoms with E-state index in [-0.39, 0.29) is 6.04 Å². The molecule has 2 N–H and O–H groups in total. The molecule has 0 amide bonds. The molecule has 1 atom stereocenters. The minimum absolute atomic E-state index is 0.208. The zero-order valence-corrected chi connectivity index (χ0v) is 9.57. The smallest absolute Gasteiger partial charge is 0.137 e. The van der Waals surface area contributed by atoms with E-state index in [1.54, 1.807) is 6.20 Å². The number of ether oxygens (including phenoxy) is 1. The largest absolute Gasteiger partial charge is 0.492 e. The monoisotopic (exact) mass is 208 g/mol. The van der Waals surface area contributed by atoms with E-state index in [9.17, 15) is 0 Å². The second-order valence-electron chi connectivity index (χ2n) is 3.71. The summed E-state index contributed by atoms with van der Waals surface area (Å²) in [5.74, 6) is 0.839. The van der Waals surface area contributed by atoms with Crippen LogP contribution in [0.1, 0.15) is 32.4 Å². The number of aromatic nitrogens is 1. The fourth-order valence-electron chi connectivity index (χ4n) is 1.25. The second-order valence-corrected chi connectivity index (χ2v) is 3.71. The molecular formula is C12H20N2O. The van der Waals surface area contributed by atoms with E-state index in [2.05, 4.69) is 18.8 Å². The lowest BCUT2D eigenvalue weighted by Gasteiger charge is -2.08. The molecule has 0 aliphatic carbocycles. The molecule has 3 nitrogen and oxygen atoms in total. The fourth-order valence-corrected chi connectivity index (χ4v) is 1.25. The first kappa shape index (κ1) is 12.0. The average Bonchev–Trinajstić information content (AvgIpc) is 2.28. The highest BCUT2D eigenvalue weighted by molar-refractivity contribution is 5.20. The molecule has 15 heavy (non-hydrogen) atoms. The van der Waals surface area contributed by atoms with Crippen molar-refractivity contribution in [3.8, 4) is 5.75 Å². The van der Waals surface area contributed by atoms with Gasteiger partial charge in [-0.15, -0.1) is 0 Å². The van der Waals surface area contributed by atoms with Crippen molar-refractivity contribution in [2.24, 2.45) is 5.73 Å². The molecule has 1 heterocycles. The molecule has 0 aromatic carbocycles. The maximum atomic E-state index is 5.85. The summed E-state index contributed by atoms with van der Waals surface area (Å²) in [4.78, 5) is 4.31. The summed E-state index contributed by atoms with van der Waals surface area (Å²) in [6, 6.07) is 4.15. The number of hydrogen-bond donors (Lipinski definition) is 1. The summed E-state index contributed by atoms with van der Waals surface area (Å²) in [7, 11) is 0. The Kier molecular flexibility index (Phi) is 5.12. The van der Waals surface area contributed by atoms with Crippen LogP contribution in [-0.4, -0.2) is 17.6 Å². The first-order valence-corrected chi connectivity index (χ1v) is 5.59. The molecule has 84 valence electrons. The van der Waals surface area contributed by atoms with Crippen LogP contribution in [0.3, 0.4) is 0 Å². The minimum Gasteiger partial charge on any atom is -0.492 e. The van der Waals surface area contributed by atoms with Gasteiger partial charge in [-0.25, -0.2) is 0 Å². The SMILES string of the molecule is CCCOc1ccc(CC(N)CC)nc1. The van der Waals surface area contributed by atoms with Gasteiger partial charge in [-0.3, -0.25) is 4.98 Å². The first-order valence-electron chi connectivity index (χ1n) is 5.59. The molecule has 0 radical (unpaired) electrons. The van der Waals surface area contributed by atoms with Crippen molar-refractivity contribution < 1.29 is 4.74 Å². The highest BCUT2D eigenvalue weighted by Crippen LogP contribution is 2.10. The summed E-state index contributed by atoms with van der Waals surface area (Å²) in [6.45, 7) is 4.92. The van der Waals surface area contributed by atoms with Gasteiger partial charge in [0, 0.05) is 18.2 Å². The van der Waals surface area contributed by atoms with Gasteiger partial charge in [-0.2, -0.15) is 0 Å². The highest BCUT2D eigenvalue weighted by Gasteiger charge is 2.02. The quantitative estimate of drug-likeness (QED) is 0.779. The Balaban J connectivity index is 2.48. The van der Waals surface area contributed by atoms with Gasteiger partial charge in [0.25, 0.3) is 0 Å². The Morgan fingerprint density at radius 3 is 2.73 bits per heavy atom. The van der Waals surface area contributed by atoms with Crippen LogP contribution in [-0.2, 0) is 6.42 Å². The van der Waals surface area contributed by atoms with Gasteiger partial charge in [0.2, 0.25) is 0 Å². The van der Waals surface area contributed by atoms with Gasteiger partial charge < -0.3 is 10.5 Å². The van der Waals surface area contributed by atoms with Crippen molar-refractivity contribution in [2.75, 3.05) is 6.61 Å². The Labute approximate surface area is 91.7 Å². The van der Waals surface area contributed by atoms with Crippen LogP contribution in [0.2, 0.25) is 0 Å². The number of hydrogen-bond acceptors (Lipinski definition) is 3. The summed E-state index contributed by atoms with van der Waals surface area (Å²) < 4.78 is 5.45. The van der Waals surface area contributed by atoms with Crippen LogP contribution >= 0.6 is 0 Å². The van der Waals surface area contributed by atoms with Crippen molar-refractivity contribution in [3.63, 3.8) is 0 Å². The Bertz CT molecular complexity index is 271. The third kappa shape index (κ3) is 4.30. The maximum Gasteiger partial charge on any atom is 0.137 e. The molecule has 0 saturated heterocycles. The predicted molar refractivity (Wildman–Crippen MR) is 62.0 cm³/mol. The Hall–Kier alpha value is -1.09. The summed E-state index contributed by atoms with van der Waals surface area (Å²) in [5, 5.41) is 0. The van der Waals surface area contributed by atoms with Crippen LogP contribution in [0.4, 0.5) is 0 Å². The predicted octanol–water partition coefficient (Wildman–Crippen LogP) is 2.15. The normalized spacial score (nSPS) is 12.5. The van der Waals surface area contributed by atoms with Crippen molar-refractivity contribution >= 4 is 0 Å². The van der Waals surface area contributed by atoms with Gasteiger partial charge in [-0.05, 0) is 25.0 Å². The molecule has 0 spiro atoms. The van der Waals surface area contributed by atoms with E-state index in [1.165, 1.54) is 0 Å². The number of nitrogens with zero attached hydrogens (tertiary/aromatic N) is 1. The van der Waals surface area contributed by atoms with Crippen LogP contribution in [0, 0.1) is 0 Å². The molecule has 0 bridgehead atoms. The number of nitrogens with two attached hydrogens (primary N) is 1. The van der Waals surface area contributed by atoms with Crippen molar-refractivity contribution in [1.29, 1.82) is 0 Å². The van der Waals surface area contributed by atoms with Gasteiger partial charge in [0.05, 0.1) is 12.8 Å². The van der Waals surface area contributed by atoms with E-state index in [4.69, 9.17) is 10.5 Å². The molecule has 1 aromatic heterocycles.